The zero-order valence-corrected chi connectivity index (χ0v) is 21.4. The van der Waals surface area contributed by atoms with Crippen molar-refractivity contribution < 1.29 is 0 Å². The van der Waals surface area contributed by atoms with Crippen LogP contribution in [0.25, 0.3) is 16.7 Å². The van der Waals surface area contributed by atoms with E-state index in [0.29, 0.717) is 0 Å². The summed E-state index contributed by atoms with van der Waals surface area (Å²) in [7, 11) is 0. The second-order valence-electron chi connectivity index (χ2n) is 9.16. The first kappa shape index (κ1) is 24.0. The lowest BCUT2D eigenvalue weighted by atomic mass is 9.85. The van der Waals surface area contributed by atoms with Crippen molar-refractivity contribution in [3.05, 3.63) is 185 Å². The van der Waals surface area contributed by atoms with Crippen LogP contribution in [0.1, 0.15) is 33.5 Å². The van der Waals surface area contributed by atoms with Gasteiger partial charge in [-0.25, -0.2) is 0 Å². The monoisotopic (exact) mass is 498 g/mol. The van der Waals surface area contributed by atoms with E-state index in [2.05, 4.69) is 137 Å². The molecule has 5 aromatic rings. The van der Waals surface area contributed by atoms with Crippen LogP contribution >= 0.6 is 0 Å². The number of nitrogens with one attached hydrogen (secondary N) is 1. The van der Waals surface area contributed by atoms with Gasteiger partial charge >= 0.3 is 0 Å². The highest BCUT2D eigenvalue weighted by molar-refractivity contribution is 6.04. The number of aliphatic imine (C=N–C) groups is 1. The molecule has 2 heterocycles. The van der Waals surface area contributed by atoms with Gasteiger partial charge < -0.3 is 4.98 Å². The van der Waals surface area contributed by atoms with Crippen LogP contribution in [0.2, 0.25) is 0 Å². The van der Waals surface area contributed by atoms with Gasteiger partial charge in [0.2, 0.25) is 0 Å². The van der Waals surface area contributed by atoms with E-state index in [1.165, 1.54) is 27.8 Å². The van der Waals surface area contributed by atoms with Crippen molar-refractivity contribution in [2.45, 2.75) is 0 Å². The Morgan fingerprint density at radius 2 is 1.10 bits per heavy atom. The molecule has 0 atom stereocenters. The fourth-order valence-corrected chi connectivity index (χ4v) is 4.78. The van der Waals surface area contributed by atoms with Crippen LogP contribution in [0.15, 0.2) is 156 Å². The van der Waals surface area contributed by atoms with Crippen LogP contribution < -0.4 is 0 Å². The average Bonchev–Trinajstić information content (AvgIpc) is 3.74. The number of hydrogen-bond acceptors (Lipinski definition) is 1. The molecule has 6 rings (SSSR count). The molecule has 184 valence electrons. The Hall–Kier alpha value is -5.39. The molecule has 0 fully saturated rings. The Kier molecular flexibility index (Phi) is 6.97. The number of aromatic nitrogens is 1. The summed E-state index contributed by atoms with van der Waals surface area (Å²) in [6, 6.07) is 44.4. The summed E-state index contributed by atoms with van der Waals surface area (Å²) < 4.78 is 0. The van der Waals surface area contributed by atoms with Gasteiger partial charge in [-0.1, -0.05) is 115 Å². The van der Waals surface area contributed by atoms with Crippen molar-refractivity contribution in [3.63, 3.8) is 0 Å². The van der Waals surface area contributed by atoms with Crippen molar-refractivity contribution in [2.75, 3.05) is 0 Å². The van der Waals surface area contributed by atoms with Gasteiger partial charge in [-0.15, -0.1) is 0 Å². The predicted molar refractivity (Wildman–Crippen MR) is 163 cm³/mol. The van der Waals surface area contributed by atoms with Gasteiger partial charge in [0.05, 0.1) is 17.0 Å². The van der Waals surface area contributed by atoms with Crippen molar-refractivity contribution in [1.82, 2.24) is 4.98 Å². The third-order valence-electron chi connectivity index (χ3n) is 6.62. The van der Waals surface area contributed by atoms with Crippen LogP contribution in [0, 0.1) is 11.8 Å². The van der Waals surface area contributed by atoms with E-state index in [0.717, 1.165) is 28.1 Å². The first-order valence-electron chi connectivity index (χ1n) is 13.0. The SMILES string of the molecule is C(#Cc1ccc(C(=C(c2ccccc2)c2ccccc2)c2ccccc2)cc1)/C(=C1/C=CC=N1)c1ccc[nH]1. The lowest BCUT2D eigenvalue weighted by molar-refractivity contribution is 1.34. The smallest absolute Gasteiger partial charge is 0.0807 e. The standard InChI is InChI=1S/C37H26N2/c1-4-12-29(13-5-1)36(30-14-6-2-7-15-30)37(31-16-8-3-9-17-31)32-23-20-28(21-24-32)22-25-33(34-18-10-26-38-34)35-19-11-27-39-35/h1-21,23-24,26-27,38H/b35-33+. The van der Waals surface area contributed by atoms with Crippen molar-refractivity contribution in [1.29, 1.82) is 0 Å². The molecule has 0 amide bonds. The van der Waals surface area contributed by atoms with Crippen LogP contribution in [0.4, 0.5) is 0 Å². The van der Waals surface area contributed by atoms with E-state index >= 15 is 0 Å². The maximum Gasteiger partial charge on any atom is 0.0807 e. The van der Waals surface area contributed by atoms with Gasteiger partial charge in [0, 0.05) is 18.0 Å². The molecule has 39 heavy (non-hydrogen) atoms. The highest BCUT2D eigenvalue weighted by Crippen LogP contribution is 2.36. The third kappa shape index (κ3) is 5.34. The van der Waals surface area contributed by atoms with E-state index in [9.17, 15) is 0 Å². The number of benzene rings is 4. The van der Waals surface area contributed by atoms with Gasteiger partial charge in [0.25, 0.3) is 0 Å². The molecular weight excluding hydrogens is 472 g/mol. The number of nitrogens with zero attached hydrogens (tertiary/aromatic N) is 1. The van der Waals surface area contributed by atoms with Gasteiger partial charge in [0.15, 0.2) is 0 Å². The molecule has 2 nitrogen and oxygen atoms in total. The molecule has 1 aliphatic heterocycles. The molecule has 0 bridgehead atoms. The molecule has 1 aromatic heterocycles. The first-order valence-corrected chi connectivity index (χ1v) is 13.0. The van der Waals surface area contributed by atoms with Crippen LogP contribution in [0.5, 0.6) is 0 Å². The summed E-state index contributed by atoms with van der Waals surface area (Å²) in [5.41, 5.74) is 10.7. The lowest BCUT2D eigenvalue weighted by Crippen LogP contribution is -1.97. The predicted octanol–water partition coefficient (Wildman–Crippen LogP) is 8.43. The molecule has 0 radical (unpaired) electrons. The quantitative estimate of drug-likeness (QED) is 0.186. The molecule has 1 N–H and O–H groups in total. The molecule has 0 unspecified atom stereocenters. The summed E-state index contributed by atoms with van der Waals surface area (Å²) in [5.74, 6) is 6.71. The summed E-state index contributed by atoms with van der Waals surface area (Å²) in [6.45, 7) is 0. The molecule has 0 spiro atoms. The number of rotatable bonds is 5. The Morgan fingerprint density at radius 1 is 0.564 bits per heavy atom. The first-order chi connectivity index (χ1) is 19.4. The highest BCUT2D eigenvalue weighted by Gasteiger charge is 2.16. The number of H-pyrrole nitrogens is 1. The zero-order chi connectivity index (χ0) is 26.3. The van der Waals surface area contributed by atoms with Crippen LogP contribution in [-0.4, -0.2) is 11.2 Å². The van der Waals surface area contributed by atoms with Crippen LogP contribution in [0.3, 0.4) is 0 Å². The molecule has 0 saturated heterocycles. The second kappa shape index (κ2) is 11.3. The summed E-state index contributed by atoms with van der Waals surface area (Å²) in [6.07, 6.45) is 7.62. The Balaban J connectivity index is 1.47. The minimum atomic E-state index is 0.867. The van der Waals surface area contributed by atoms with E-state index in [4.69, 9.17) is 0 Å². The van der Waals surface area contributed by atoms with Crippen molar-refractivity contribution >= 4 is 22.9 Å². The topological polar surface area (TPSA) is 28.1 Å². The van der Waals surface area contributed by atoms with E-state index in [1.54, 1.807) is 6.21 Å². The van der Waals surface area contributed by atoms with Gasteiger partial charge in [-0.3, -0.25) is 4.99 Å². The minimum Gasteiger partial charge on any atom is -0.361 e. The Labute approximate surface area is 229 Å². The largest absolute Gasteiger partial charge is 0.361 e. The fraction of sp³-hybridized carbons (Fsp3) is 0. The van der Waals surface area contributed by atoms with E-state index < -0.39 is 0 Å². The Morgan fingerprint density at radius 3 is 1.56 bits per heavy atom. The average molecular weight is 499 g/mol. The van der Waals surface area contributed by atoms with E-state index in [1.807, 2.05) is 30.5 Å². The Bertz CT molecular complexity index is 1690. The number of allylic oxidation sites excluding steroid dienone is 3. The zero-order valence-electron chi connectivity index (χ0n) is 21.4. The molecule has 1 aliphatic rings. The van der Waals surface area contributed by atoms with Crippen molar-refractivity contribution in [2.24, 2.45) is 4.99 Å². The summed E-state index contributed by atoms with van der Waals surface area (Å²) in [5, 5.41) is 0. The van der Waals surface area contributed by atoms with E-state index in [-0.39, 0.29) is 0 Å². The number of hydrogen-bond donors (Lipinski definition) is 1. The summed E-state index contributed by atoms with van der Waals surface area (Å²) in [4.78, 5) is 7.73. The normalized spacial score (nSPS) is 13.0. The van der Waals surface area contributed by atoms with Gasteiger partial charge in [0.1, 0.15) is 0 Å². The minimum absolute atomic E-state index is 0.867. The molecular formula is C37H26N2. The number of aromatic amines is 1. The lowest BCUT2D eigenvalue weighted by Gasteiger charge is -2.18. The molecule has 0 saturated carbocycles. The third-order valence-corrected chi connectivity index (χ3v) is 6.62. The maximum absolute atomic E-state index is 4.47. The molecule has 0 aliphatic carbocycles. The second-order valence-corrected chi connectivity index (χ2v) is 9.16. The maximum atomic E-state index is 4.47. The summed E-state index contributed by atoms with van der Waals surface area (Å²) >= 11 is 0. The van der Waals surface area contributed by atoms with Crippen molar-refractivity contribution in [3.8, 4) is 11.8 Å². The molecule has 4 aromatic carbocycles. The molecule has 2 heteroatoms. The fourth-order valence-electron chi connectivity index (χ4n) is 4.78. The van der Waals surface area contributed by atoms with Gasteiger partial charge in [-0.2, -0.15) is 0 Å². The van der Waals surface area contributed by atoms with Crippen LogP contribution in [-0.2, 0) is 0 Å². The van der Waals surface area contributed by atoms with Gasteiger partial charge in [-0.05, 0) is 69.8 Å². The highest BCUT2D eigenvalue weighted by atomic mass is 14.8.